The van der Waals surface area contributed by atoms with Crippen LogP contribution in [0.4, 0.5) is 26.3 Å². The van der Waals surface area contributed by atoms with Gasteiger partial charge in [-0.05, 0) is 50.1 Å². The Bertz CT molecular complexity index is 1320. The van der Waals surface area contributed by atoms with Crippen LogP contribution in [0, 0.1) is 0 Å². The summed E-state index contributed by atoms with van der Waals surface area (Å²) in [7, 11) is 0. The van der Waals surface area contributed by atoms with Crippen molar-refractivity contribution in [1.82, 2.24) is 20.1 Å². The van der Waals surface area contributed by atoms with Crippen LogP contribution in [0.2, 0.25) is 0 Å². The third kappa shape index (κ3) is 6.73. The molecule has 0 aliphatic carbocycles. The smallest absolute Gasteiger partial charge is 0.361 e. The minimum atomic E-state index is -5.07. The summed E-state index contributed by atoms with van der Waals surface area (Å²) in [6.45, 7) is 4.15. The number of hydrogen-bond acceptors (Lipinski definition) is 3. The van der Waals surface area contributed by atoms with Crippen LogP contribution in [0.3, 0.4) is 0 Å². The molecule has 0 unspecified atom stereocenters. The molecule has 0 bridgehead atoms. The number of carbonyl (C=O) groups is 2. The van der Waals surface area contributed by atoms with Gasteiger partial charge in [0.2, 0.25) is 5.91 Å². The van der Waals surface area contributed by atoms with Gasteiger partial charge in [0.1, 0.15) is 0 Å². The molecule has 39 heavy (non-hydrogen) atoms. The normalized spacial score (nSPS) is 17.2. The van der Waals surface area contributed by atoms with Gasteiger partial charge in [0.15, 0.2) is 0 Å². The second-order valence-corrected chi connectivity index (χ2v) is 9.97. The summed E-state index contributed by atoms with van der Waals surface area (Å²) in [6, 6.07) is 7.68. The van der Waals surface area contributed by atoms with E-state index in [4.69, 9.17) is 0 Å². The molecule has 6 nitrogen and oxygen atoms in total. The molecule has 0 radical (unpaired) electrons. The summed E-state index contributed by atoms with van der Waals surface area (Å²) >= 11 is 0. The van der Waals surface area contributed by atoms with Gasteiger partial charge in [-0.3, -0.25) is 14.5 Å². The number of benzene rings is 2. The molecule has 2 N–H and O–H groups in total. The van der Waals surface area contributed by atoms with Gasteiger partial charge in [-0.15, -0.1) is 0 Å². The van der Waals surface area contributed by atoms with Gasteiger partial charge in [0, 0.05) is 54.4 Å². The first-order valence-corrected chi connectivity index (χ1v) is 12.4. The van der Waals surface area contributed by atoms with E-state index in [-0.39, 0.29) is 50.6 Å². The van der Waals surface area contributed by atoms with Crippen LogP contribution in [-0.2, 0) is 23.6 Å². The number of hydrogen-bond donors (Lipinski definition) is 2. The van der Waals surface area contributed by atoms with Crippen LogP contribution < -0.4 is 5.32 Å². The number of halogens is 6. The first-order chi connectivity index (χ1) is 18.2. The van der Waals surface area contributed by atoms with Crippen molar-refractivity contribution in [2.75, 3.05) is 26.2 Å². The summed E-state index contributed by atoms with van der Waals surface area (Å²) in [5.41, 5.74) is -2.09. The Morgan fingerprint density at radius 1 is 1.00 bits per heavy atom. The lowest BCUT2D eigenvalue weighted by Gasteiger charge is -2.41. The van der Waals surface area contributed by atoms with E-state index in [0.717, 1.165) is 16.5 Å². The number of H-pyrrole nitrogens is 1. The van der Waals surface area contributed by atoms with Gasteiger partial charge in [-0.2, -0.15) is 26.3 Å². The summed E-state index contributed by atoms with van der Waals surface area (Å²) in [4.78, 5) is 32.2. The van der Waals surface area contributed by atoms with Crippen LogP contribution in [0.5, 0.6) is 0 Å². The fourth-order valence-electron chi connectivity index (χ4n) is 4.87. The first kappa shape index (κ1) is 28.5. The topological polar surface area (TPSA) is 68.4 Å². The summed E-state index contributed by atoms with van der Waals surface area (Å²) in [5.74, 6) is -1.15. The molecule has 1 fully saturated rings. The number of carbonyl (C=O) groups excluding carboxylic acids is 2. The van der Waals surface area contributed by atoms with Gasteiger partial charge in [-0.1, -0.05) is 18.2 Å². The Balaban J connectivity index is 1.67. The third-order valence-corrected chi connectivity index (χ3v) is 6.61. The molecule has 3 aromatic rings. The van der Waals surface area contributed by atoms with E-state index in [0.29, 0.717) is 12.1 Å². The molecule has 0 spiro atoms. The minimum Gasteiger partial charge on any atom is -0.361 e. The number of nitrogens with one attached hydrogen (secondary N) is 2. The lowest BCUT2D eigenvalue weighted by Crippen LogP contribution is -2.57. The molecular formula is C27H28F6N4O2. The Hall–Kier alpha value is -3.54. The second kappa shape index (κ2) is 10.9. The van der Waals surface area contributed by atoms with Crippen molar-refractivity contribution in [2.24, 2.45) is 0 Å². The summed E-state index contributed by atoms with van der Waals surface area (Å²) < 4.78 is 80.6. The SMILES string of the molecule is CC(C)NC(=O)CN1CCN(C(=O)c2cc(C(F)(F)F)cc(C(F)(F)F)c2)[C@H](Cc2c[nH]c3ccccc23)C1. The lowest BCUT2D eigenvalue weighted by molar-refractivity contribution is -0.143. The lowest BCUT2D eigenvalue weighted by atomic mass is 9.98. The standard InChI is InChI=1S/C27H28F6N4O2/c1-16(2)35-24(38)15-36-7-8-37(21(14-36)11-18-13-34-23-6-4-3-5-22(18)23)25(39)17-9-19(26(28,29)30)12-20(10-17)27(31,32)33/h3-6,9-10,12-13,16,21,34H,7-8,11,14-15H2,1-2H3,(H,35,38)/t21-/m1/s1. The number of aromatic amines is 1. The number of alkyl halides is 6. The predicted octanol–water partition coefficient (Wildman–Crippen LogP) is 5.10. The maximum atomic E-state index is 13.5. The highest BCUT2D eigenvalue weighted by atomic mass is 19.4. The maximum absolute atomic E-state index is 13.5. The van der Waals surface area contributed by atoms with Crippen LogP contribution in [0.15, 0.2) is 48.7 Å². The summed E-state index contributed by atoms with van der Waals surface area (Å²) in [5, 5.41) is 3.68. The Morgan fingerprint density at radius 2 is 1.64 bits per heavy atom. The number of rotatable bonds is 6. The number of aromatic nitrogens is 1. The highest BCUT2D eigenvalue weighted by molar-refractivity contribution is 5.95. The number of nitrogens with zero attached hydrogens (tertiary/aromatic N) is 2. The molecule has 1 atom stereocenters. The van der Waals surface area contributed by atoms with E-state index in [2.05, 4.69) is 10.3 Å². The number of para-hydroxylation sites is 1. The molecule has 2 amide bonds. The number of piperazine rings is 1. The Morgan fingerprint density at radius 3 is 2.26 bits per heavy atom. The van der Waals surface area contributed by atoms with E-state index in [1.54, 1.807) is 6.20 Å². The van der Waals surface area contributed by atoms with Crippen LogP contribution in [-0.4, -0.2) is 64.9 Å². The van der Waals surface area contributed by atoms with Gasteiger partial charge in [-0.25, -0.2) is 0 Å². The van der Waals surface area contributed by atoms with E-state index in [9.17, 15) is 35.9 Å². The number of amides is 2. The molecule has 2 aromatic carbocycles. The molecule has 4 rings (SSSR count). The zero-order chi connectivity index (χ0) is 28.5. The fraction of sp³-hybridized carbons (Fsp3) is 0.407. The van der Waals surface area contributed by atoms with Crippen molar-refractivity contribution in [3.8, 4) is 0 Å². The van der Waals surface area contributed by atoms with Crippen LogP contribution in [0.25, 0.3) is 10.9 Å². The number of fused-ring (bicyclic) bond motifs is 1. The summed E-state index contributed by atoms with van der Waals surface area (Å²) in [6.07, 6.45) is -8.09. The van der Waals surface area contributed by atoms with E-state index >= 15 is 0 Å². The predicted molar refractivity (Wildman–Crippen MR) is 133 cm³/mol. The fourth-order valence-corrected chi connectivity index (χ4v) is 4.87. The van der Waals surface area contributed by atoms with Crippen LogP contribution >= 0.6 is 0 Å². The van der Waals surface area contributed by atoms with Crippen molar-refractivity contribution in [3.05, 3.63) is 70.9 Å². The molecule has 1 saturated heterocycles. The van der Waals surface area contributed by atoms with Crippen molar-refractivity contribution < 1.29 is 35.9 Å². The van der Waals surface area contributed by atoms with E-state index in [1.165, 1.54) is 4.90 Å². The van der Waals surface area contributed by atoms with Gasteiger partial charge in [0.25, 0.3) is 5.91 Å². The van der Waals surface area contributed by atoms with Gasteiger partial charge >= 0.3 is 12.4 Å². The van der Waals surface area contributed by atoms with E-state index in [1.807, 2.05) is 43.0 Å². The molecule has 1 aromatic heterocycles. The maximum Gasteiger partial charge on any atom is 0.416 e. The third-order valence-electron chi connectivity index (χ3n) is 6.61. The Kier molecular flexibility index (Phi) is 7.97. The first-order valence-electron chi connectivity index (χ1n) is 12.4. The van der Waals surface area contributed by atoms with Crippen LogP contribution in [0.1, 0.15) is 40.9 Å². The second-order valence-electron chi connectivity index (χ2n) is 9.97. The monoisotopic (exact) mass is 554 g/mol. The largest absolute Gasteiger partial charge is 0.416 e. The minimum absolute atomic E-state index is 0.00543. The van der Waals surface area contributed by atoms with Crippen molar-refractivity contribution in [1.29, 1.82) is 0 Å². The zero-order valence-electron chi connectivity index (χ0n) is 21.3. The molecular weight excluding hydrogens is 526 g/mol. The zero-order valence-corrected chi connectivity index (χ0v) is 21.3. The average molecular weight is 555 g/mol. The average Bonchev–Trinajstić information content (AvgIpc) is 3.25. The van der Waals surface area contributed by atoms with Crippen molar-refractivity contribution in [2.45, 2.75) is 44.7 Å². The van der Waals surface area contributed by atoms with Gasteiger partial charge in [0.05, 0.1) is 17.7 Å². The molecule has 0 saturated carbocycles. The van der Waals surface area contributed by atoms with E-state index < -0.39 is 41.0 Å². The highest BCUT2D eigenvalue weighted by Gasteiger charge is 2.39. The van der Waals surface area contributed by atoms with Crippen molar-refractivity contribution >= 4 is 22.7 Å². The van der Waals surface area contributed by atoms with Gasteiger partial charge < -0.3 is 15.2 Å². The highest BCUT2D eigenvalue weighted by Crippen LogP contribution is 2.37. The molecule has 1 aliphatic rings. The molecule has 2 heterocycles. The quantitative estimate of drug-likeness (QED) is 0.417. The van der Waals surface area contributed by atoms with Crippen molar-refractivity contribution in [3.63, 3.8) is 0 Å². The molecule has 210 valence electrons. The Labute approximate surface area is 221 Å². The molecule has 12 heteroatoms. The molecule has 1 aliphatic heterocycles.